The lowest BCUT2D eigenvalue weighted by Crippen LogP contribution is -2.18. The van der Waals surface area contributed by atoms with E-state index in [2.05, 4.69) is 25.6 Å². The van der Waals surface area contributed by atoms with Crippen molar-refractivity contribution in [1.82, 2.24) is 20.3 Å². The van der Waals surface area contributed by atoms with Crippen molar-refractivity contribution in [2.24, 2.45) is 0 Å². The molecule has 8 heteroatoms. The maximum atomic E-state index is 11.8. The number of pyridine rings is 1. The molecule has 2 N–H and O–H groups in total. The van der Waals surface area contributed by atoms with Gasteiger partial charge in [-0.3, -0.25) is 9.78 Å². The Labute approximate surface area is 208 Å². The molecule has 0 radical (unpaired) electrons. The summed E-state index contributed by atoms with van der Waals surface area (Å²) < 4.78 is 11.7. The third kappa shape index (κ3) is 5.56. The standard InChI is InChI=1S/C28H23N5O3/c1-29-27(34)26-16-24(13-14-30-26)36-23-11-12-25-20(15-23)17-31-28(33-25)32-21-7-9-22(10-8-21)35-18-19-5-3-2-4-6-19/h2-17H,18H2,1H3,(H,29,34)(H,31,32,33). The lowest BCUT2D eigenvalue weighted by atomic mass is 10.2. The number of fused-ring (bicyclic) bond motifs is 1. The second-order valence-corrected chi connectivity index (χ2v) is 7.90. The average molecular weight is 478 g/mol. The van der Waals surface area contributed by atoms with Gasteiger partial charge in [-0.25, -0.2) is 9.97 Å². The Hall–Kier alpha value is -4.98. The Morgan fingerprint density at radius 1 is 0.861 bits per heavy atom. The first-order valence-corrected chi connectivity index (χ1v) is 11.3. The minimum Gasteiger partial charge on any atom is -0.489 e. The number of amides is 1. The Kier molecular flexibility index (Phi) is 6.66. The van der Waals surface area contributed by atoms with E-state index < -0.39 is 0 Å². The van der Waals surface area contributed by atoms with Gasteiger partial charge in [-0.2, -0.15) is 0 Å². The quantitative estimate of drug-likeness (QED) is 0.304. The molecule has 0 atom stereocenters. The van der Waals surface area contributed by atoms with Crippen LogP contribution in [0, 0.1) is 0 Å². The monoisotopic (exact) mass is 477 g/mol. The molecule has 0 aliphatic heterocycles. The van der Waals surface area contributed by atoms with Gasteiger partial charge in [-0.15, -0.1) is 0 Å². The smallest absolute Gasteiger partial charge is 0.269 e. The van der Waals surface area contributed by atoms with Gasteiger partial charge in [-0.05, 0) is 54.1 Å². The number of hydrogen-bond acceptors (Lipinski definition) is 7. The predicted octanol–water partition coefficient (Wildman–Crippen LogP) is 5.50. The Morgan fingerprint density at radius 3 is 2.44 bits per heavy atom. The van der Waals surface area contributed by atoms with E-state index in [0.717, 1.165) is 27.9 Å². The van der Waals surface area contributed by atoms with Crippen molar-refractivity contribution < 1.29 is 14.3 Å². The molecule has 5 aromatic rings. The molecule has 2 aromatic heterocycles. The molecule has 2 heterocycles. The number of hydrogen-bond donors (Lipinski definition) is 2. The van der Waals surface area contributed by atoms with Crippen LogP contribution in [-0.2, 0) is 6.61 Å². The number of rotatable bonds is 8. The van der Waals surface area contributed by atoms with Gasteiger partial charge in [0.25, 0.3) is 5.91 Å². The van der Waals surface area contributed by atoms with Gasteiger partial charge in [0.15, 0.2) is 0 Å². The summed E-state index contributed by atoms with van der Waals surface area (Å²) in [6, 6.07) is 26.5. The van der Waals surface area contributed by atoms with Crippen molar-refractivity contribution in [3.05, 3.63) is 109 Å². The maximum Gasteiger partial charge on any atom is 0.269 e. The highest BCUT2D eigenvalue weighted by Gasteiger charge is 2.08. The van der Waals surface area contributed by atoms with Crippen LogP contribution in [0.2, 0.25) is 0 Å². The Balaban J connectivity index is 1.24. The lowest BCUT2D eigenvalue weighted by molar-refractivity contribution is 0.0958. The number of nitrogens with zero attached hydrogens (tertiary/aromatic N) is 3. The zero-order chi connectivity index (χ0) is 24.7. The molecule has 8 nitrogen and oxygen atoms in total. The number of anilines is 2. The number of benzene rings is 3. The van der Waals surface area contributed by atoms with Crippen LogP contribution >= 0.6 is 0 Å². The summed E-state index contributed by atoms with van der Waals surface area (Å²) in [5.41, 5.74) is 3.02. The first-order valence-electron chi connectivity index (χ1n) is 11.3. The van der Waals surface area contributed by atoms with Crippen LogP contribution in [0.25, 0.3) is 10.9 Å². The van der Waals surface area contributed by atoms with Gasteiger partial charge in [0.1, 0.15) is 29.5 Å². The minimum absolute atomic E-state index is 0.276. The zero-order valence-corrected chi connectivity index (χ0v) is 19.5. The summed E-state index contributed by atoms with van der Waals surface area (Å²) in [6.45, 7) is 0.517. The van der Waals surface area contributed by atoms with E-state index in [1.54, 1.807) is 25.4 Å². The van der Waals surface area contributed by atoms with Gasteiger partial charge < -0.3 is 20.1 Å². The number of aromatic nitrogens is 3. The van der Waals surface area contributed by atoms with E-state index in [-0.39, 0.29) is 11.6 Å². The molecule has 0 aliphatic rings. The number of carbonyl (C=O) groups excluding carboxylic acids is 1. The highest BCUT2D eigenvalue weighted by atomic mass is 16.5. The van der Waals surface area contributed by atoms with Crippen molar-refractivity contribution in [2.45, 2.75) is 6.61 Å². The molecule has 36 heavy (non-hydrogen) atoms. The minimum atomic E-state index is -0.276. The number of nitrogens with one attached hydrogen (secondary N) is 2. The summed E-state index contributed by atoms with van der Waals surface area (Å²) >= 11 is 0. The summed E-state index contributed by atoms with van der Waals surface area (Å²) in [4.78, 5) is 24.9. The highest BCUT2D eigenvalue weighted by molar-refractivity contribution is 5.92. The van der Waals surface area contributed by atoms with Gasteiger partial charge in [0.05, 0.1) is 5.52 Å². The van der Waals surface area contributed by atoms with E-state index in [9.17, 15) is 4.79 Å². The third-order valence-corrected chi connectivity index (χ3v) is 5.34. The third-order valence-electron chi connectivity index (χ3n) is 5.34. The van der Waals surface area contributed by atoms with E-state index in [0.29, 0.717) is 24.1 Å². The van der Waals surface area contributed by atoms with E-state index in [4.69, 9.17) is 9.47 Å². The largest absolute Gasteiger partial charge is 0.489 e. The molecular weight excluding hydrogens is 454 g/mol. The fourth-order valence-electron chi connectivity index (χ4n) is 3.50. The van der Waals surface area contributed by atoms with Crippen molar-refractivity contribution in [1.29, 1.82) is 0 Å². The highest BCUT2D eigenvalue weighted by Crippen LogP contribution is 2.26. The molecule has 3 aromatic carbocycles. The summed E-state index contributed by atoms with van der Waals surface area (Å²) in [5, 5.41) is 6.59. The van der Waals surface area contributed by atoms with Gasteiger partial charge >= 0.3 is 0 Å². The number of ether oxygens (including phenoxy) is 2. The second-order valence-electron chi connectivity index (χ2n) is 7.90. The van der Waals surface area contributed by atoms with E-state index >= 15 is 0 Å². The molecule has 0 unspecified atom stereocenters. The molecule has 178 valence electrons. The molecule has 0 fully saturated rings. The van der Waals surface area contributed by atoms with Crippen molar-refractivity contribution in [2.75, 3.05) is 12.4 Å². The van der Waals surface area contributed by atoms with Crippen LogP contribution < -0.4 is 20.1 Å². The fraction of sp³-hybridized carbons (Fsp3) is 0.0714. The van der Waals surface area contributed by atoms with Gasteiger partial charge in [-0.1, -0.05) is 30.3 Å². The Morgan fingerprint density at radius 2 is 1.64 bits per heavy atom. The molecule has 0 saturated carbocycles. The van der Waals surface area contributed by atoms with Crippen LogP contribution in [0.4, 0.5) is 11.6 Å². The zero-order valence-electron chi connectivity index (χ0n) is 19.5. The fourth-order valence-corrected chi connectivity index (χ4v) is 3.50. The summed E-state index contributed by atoms with van der Waals surface area (Å²) in [7, 11) is 1.56. The predicted molar refractivity (Wildman–Crippen MR) is 138 cm³/mol. The Bertz CT molecular complexity index is 1490. The van der Waals surface area contributed by atoms with Crippen molar-refractivity contribution in [3.63, 3.8) is 0 Å². The van der Waals surface area contributed by atoms with Crippen molar-refractivity contribution >= 4 is 28.4 Å². The SMILES string of the molecule is CNC(=O)c1cc(Oc2ccc3nc(Nc4ccc(OCc5ccccc5)cc4)ncc3c2)ccn1. The van der Waals surface area contributed by atoms with Crippen molar-refractivity contribution in [3.8, 4) is 17.2 Å². The van der Waals surface area contributed by atoms with Crippen LogP contribution in [0.1, 0.15) is 16.1 Å². The number of carbonyl (C=O) groups is 1. The summed E-state index contributed by atoms with van der Waals surface area (Å²) in [5.74, 6) is 2.11. The molecular formula is C28H23N5O3. The van der Waals surface area contributed by atoms with Crippen LogP contribution in [0.3, 0.4) is 0 Å². The topological polar surface area (TPSA) is 98.3 Å². The summed E-state index contributed by atoms with van der Waals surface area (Å²) in [6.07, 6.45) is 3.27. The lowest BCUT2D eigenvalue weighted by Gasteiger charge is -2.10. The van der Waals surface area contributed by atoms with Crippen LogP contribution in [-0.4, -0.2) is 27.9 Å². The van der Waals surface area contributed by atoms with Gasteiger partial charge in [0, 0.05) is 36.6 Å². The maximum absolute atomic E-state index is 11.8. The second kappa shape index (κ2) is 10.5. The van der Waals surface area contributed by atoms with Gasteiger partial charge in [0.2, 0.25) is 5.95 Å². The molecule has 0 saturated heterocycles. The average Bonchev–Trinajstić information content (AvgIpc) is 2.93. The molecule has 0 bridgehead atoms. The molecule has 5 rings (SSSR count). The normalized spacial score (nSPS) is 10.6. The van der Waals surface area contributed by atoms with E-state index in [1.807, 2.05) is 72.8 Å². The molecule has 0 aliphatic carbocycles. The molecule has 0 spiro atoms. The molecule has 1 amide bonds. The van der Waals surface area contributed by atoms with E-state index in [1.165, 1.54) is 6.20 Å². The first-order chi connectivity index (χ1) is 17.7. The van der Waals surface area contributed by atoms with Crippen LogP contribution in [0.5, 0.6) is 17.2 Å². The van der Waals surface area contributed by atoms with Crippen LogP contribution in [0.15, 0.2) is 97.3 Å². The first kappa shape index (κ1) is 22.8.